The lowest BCUT2D eigenvalue weighted by Crippen LogP contribution is -2.49. The highest BCUT2D eigenvalue weighted by atomic mass is 16.4. The molecule has 0 saturated heterocycles. The van der Waals surface area contributed by atoms with Crippen molar-refractivity contribution >= 4 is 12.0 Å². The van der Waals surface area contributed by atoms with Crippen molar-refractivity contribution < 1.29 is 14.7 Å². The summed E-state index contributed by atoms with van der Waals surface area (Å²) in [4.78, 5) is 26.3. The number of nitrogens with one attached hydrogen (secondary N) is 1. The number of hydrogen-bond acceptors (Lipinski definition) is 3. The van der Waals surface area contributed by atoms with Crippen LogP contribution in [0.4, 0.5) is 4.79 Å². The second-order valence-electron chi connectivity index (χ2n) is 5.77. The molecule has 0 aromatic heterocycles. The van der Waals surface area contributed by atoms with Gasteiger partial charge in [0, 0.05) is 31.2 Å². The number of carbonyl (C=O) groups is 2. The molecule has 0 rings (SSSR count). The van der Waals surface area contributed by atoms with Gasteiger partial charge in [-0.3, -0.25) is 9.69 Å². The maximum Gasteiger partial charge on any atom is 0.323 e. The summed E-state index contributed by atoms with van der Waals surface area (Å²) in [6.45, 7) is 13.1. The van der Waals surface area contributed by atoms with Gasteiger partial charge in [0.05, 0.1) is 0 Å². The van der Waals surface area contributed by atoms with E-state index >= 15 is 0 Å². The van der Waals surface area contributed by atoms with E-state index in [0.29, 0.717) is 18.6 Å². The molecule has 0 aliphatic rings. The van der Waals surface area contributed by atoms with Crippen LogP contribution in [0.3, 0.4) is 0 Å². The van der Waals surface area contributed by atoms with E-state index in [9.17, 15) is 9.59 Å². The minimum absolute atomic E-state index is 0.141. The number of carboxylic acid groups (broad SMARTS) is 1. The minimum Gasteiger partial charge on any atom is -0.480 e. The second-order valence-corrected chi connectivity index (χ2v) is 5.77. The first kappa shape index (κ1) is 18.7. The van der Waals surface area contributed by atoms with Crippen LogP contribution in [0.1, 0.15) is 41.5 Å². The molecular formula is C14H29N3O3. The molecule has 118 valence electrons. The zero-order chi connectivity index (χ0) is 15.9. The van der Waals surface area contributed by atoms with E-state index in [1.807, 2.05) is 0 Å². The van der Waals surface area contributed by atoms with Gasteiger partial charge in [-0.2, -0.15) is 0 Å². The molecule has 2 N–H and O–H groups in total. The summed E-state index contributed by atoms with van der Waals surface area (Å²) in [6, 6.07) is 0.353. The third kappa shape index (κ3) is 6.75. The third-order valence-electron chi connectivity index (χ3n) is 3.16. The van der Waals surface area contributed by atoms with Crippen LogP contribution in [0.5, 0.6) is 0 Å². The summed E-state index contributed by atoms with van der Waals surface area (Å²) in [5, 5.41) is 11.6. The molecular weight excluding hydrogens is 258 g/mol. The van der Waals surface area contributed by atoms with Crippen molar-refractivity contribution in [2.45, 2.75) is 59.7 Å². The van der Waals surface area contributed by atoms with Crippen molar-refractivity contribution in [1.82, 2.24) is 15.1 Å². The van der Waals surface area contributed by atoms with Crippen LogP contribution in [-0.2, 0) is 4.79 Å². The summed E-state index contributed by atoms with van der Waals surface area (Å²) < 4.78 is 0. The van der Waals surface area contributed by atoms with Gasteiger partial charge < -0.3 is 15.3 Å². The Morgan fingerprint density at radius 3 is 1.85 bits per heavy atom. The first-order valence-electron chi connectivity index (χ1n) is 7.18. The molecule has 0 atom stereocenters. The third-order valence-corrected chi connectivity index (χ3v) is 3.16. The lowest BCUT2D eigenvalue weighted by Gasteiger charge is -2.31. The molecule has 0 bridgehead atoms. The molecule has 0 unspecified atom stereocenters. The van der Waals surface area contributed by atoms with Crippen molar-refractivity contribution in [3.63, 3.8) is 0 Å². The molecule has 0 spiro atoms. The van der Waals surface area contributed by atoms with Gasteiger partial charge in [-0.05, 0) is 41.5 Å². The number of carbonyl (C=O) groups excluding carboxylic acids is 1. The highest BCUT2D eigenvalue weighted by molar-refractivity contribution is 5.80. The molecule has 0 aromatic rings. The van der Waals surface area contributed by atoms with Gasteiger partial charge in [0.15, 0.2) is 0 Å². The molecule has 0 aliphatic carbocycles. The van der Waals surface area contributed by atoms with Crippen LogP contribution in [-0.4, -0.2) is 64.7 Å². The number of rotatable bonds is 8. The molecule has 20 heavy (non-hydrogen) atoms. The lowest BCUT2D eigenvalue weighted by atomic mass is 10.2. The number of hydrogen-bond donors (Lipinski definition) is 2. The summed E-state index contributed by atoms with van der Waals surface area (Å²) in [7, 11) is 0. The Balaban J connectivity index is 4.34. The molecule has 0 aliphatic heterocycles. The van der Waals surface area contributed by atoms with Crippen molar-refractivity contribution in [3.05, 3.63) is 0 Å². The second kappa shape index (κ2) is 8.79. The van der Waals surface area contributed by atoms with Gasteiger partial charge in [0.2, 0.25) is 0 Å². The summed E-state index contributed by atoms with van der Waals surface area (Å²) in [5.74, 6) is -1.00. The van der Waals surface area contributed by atoms with Crippen molar-refractivity contribution in [1.29, 1.82) is 0 Å². The Labute approximate surface area is 122 Å². The van der Waals surface area contributed by atoms with Crippen LogP contribution < -0.4 is 5.32 Å². The van der Waals surface area contributed by atoms with Gasteiger partial charge >= 0.3 is 12.0 Å². The molecule has 0 heterocycles. The predicted molar refractivity (Wildman–Crippen MR) is 79.9 cm³/mol. The number of aliphatic carboxylic acids is 1. The molecule has 0 fully saturated rings. The van der Waals surface area contributed by atoms with E-state index in [1.54, 1.807) is 13.8 Å². The van der Waals surface area contributed by atoms with Gasteiger partial charge in [-0.25, -0.2) is 4.79 Å². The average Bonchev–Trinajstić information content (AvgIpc) is 2.29. The van der Waals surface area contributed by atoms with E-state index in [2.05, 4.69) is 37.9 Å². The fraction of sp³-hybridized carbons (Fsp3) is 0.857. The number of carboxylic acids is 1. The maximum absolute atomic E-state index is 12.0. The van der Waals surface area contributed by atoms with Gasteiger partial charge in [0.25, 0.3) is 0 Å². The summed E-state index contributed by atoms with van der Waals surface area (Å²) in [6.07, 6.45) is 0. The first-order chi connectivity index (χ1) is 9.16. The van der Waals surface area contributed by atoms with Gasteiger partial charge in [-0.15, -0.1) is 0 Å². The minimum atomic E-state index is -1.00. The van der Waals surface area contributed by atoms with Crippen LogP contribution >= 0.6 is 0 Å². The zero-order valence-electron chi connectivity index (χ0n) is 13.5. The van der Waals surface area contributed by atoms with E-state index < -0.39 is 5.97 Å². The van der Waals surface area contributed by atoms with E-state index in [1.165, 1.54) is 4.90 Å². The van der Waals surface area contributed by atoms with Gasteiger partial charge in [0.1, 0.15) is 6.54 Å². The Morgan fingerprint density at radius 1 is 1.00 bits per heavy atom. The Bertz CT molecular complexity index is 309. The van der Waals surface area contributed by atoms with E-state index in [-0.39, 0.29) is 18.6 Å². The molecule has 0 radical (unpaired) electrons. The van der Waals surface area contributed by atoms with E-state index in [4.69, 9.17) is 5.11 Å². The molecule has 0 saturated carbocycles. The van der Waals surface area contributed by atoms with Crippen LogP contribution in [0, 0.1) is 0 Å². The standard InChI is InChI=1S/C14H29N3O3/c1-10(2)16(11(3)4)8-7-15-14(20)17(12(5)6)9-13(18)19/h10-12H,7-9H2,1-6H3,(H,15,20)(H,18,19). The number of amides is 2. The van der Waals surface area contributed by atoms with Crippen LogP contribution in [0.2, 0.25) is 0 Å². The number of urea groups is 1. The highest BCUT2D eigenvalue weighted by Crippen LogP contribution is 2.04. The van der Waals surface area contributed by atoms with Gasteiger partial charge in [-0.1, -0.05) is 0 Å². The summed E-state index contributed by atoms with van der Waals surface area (Å²) in [5.41, 5.74) is 0. The Morgan fingerprint density at radius 2 is 1.50 bits per heavy atom. The van der Waals surface area contributed by atoms with Crippen molar-refractivity contribution in [3.8, 4) is 0 Å². The van der Waals surface area contributed by atoms with Crippen molar-refractivity contribution in [2.24, 2.45) is 0 Å². The zero-order valence-corrected chi connectivity index (χ0v) is 13.5. The first-order valence-corrected chi connectivity index (χ1v) is 7.18. The Hall–Kier alpha value is -1.30. The fourth-order valence-corrected chi connectivity index (χ4v) is 2.14. The van der Waals surface area contributed by atoms with Crippen LogP contribution in [0.15, 0.2) is 0 Å². The lowest BCUT2D eigenvalue weighted by molar-refractivity contribution is -0.138. The highest BCUT2D eigenvalue weighted by Gasteiger charge is 2.20. The SMILES string of the molecule is CC(C)N(CC(=O)O)C(=O)NCCN(C(C)C)C(C)C. The molecule has 6 heteroatoms. The fourth-order valence-electron chi connectivity index (χ4n) is 2.14. The molecule has 0 aromatic carbocycles. The smallest absolute Gasteiger partial charge is 0.323 e. The largest absolute Gasteiger partial charge is 0.480 e. The average molecular weight is 287 g/mol. The normalized spacial score (nSPS) is 11.5. The van der Waals surface area contributed by atoms with Crippen molar-refractivity contribution in [2.75, 3.05) is 19.6 Å². The number of nitrogens with zero attached hydrogens (tertiary/aromatic N) is 2. The predicted octanol–water partition coefficient (Wildman–Crippen LogP) is 1.61. The Kier molecular flexibility index (Phi) is 8.22. The summed E-state index contributed by atoms with van der Waals surface area (Å²) >= 11 is 0. The van der Waals surface area contributed by atoms with Crippen LogP contribution in [0.25, 0.3) is 0 Å². The quantitative estimate of drug-likeness (QED) is 0.711. The monoisotopic (exact) mass is 287 g/mol. The molecule has 6 nitrogen and oxygen atoms in total. The topological polar surface area (TPSA) is 72.9 Å². The van der Waals surface area contributed by atoms with E-state index in [0.717, 1.165) is 6.54 Å². The maximum atomic E-state index is 12.0. The molecule has 2 amide bonds.